The van der Waals surface area contributed by atoms with Crippen LogP contribution in [0.4, 0.5) is 0 Å². The average Bonchev–Trinajstić information content (AvgIpc) is 3.57. The molecule has 242 valence electrons. The van der Waals surface area contributed by atoms with Crippen molar-refractivity contribution in [1.29, 1.82) is 0 Å². The molecule has 4 heterocycles. The van der Waals surface area contributed by atoms with E-state index in [-0.39, 0.29) is 0 Å². The number of hydrogen-bond acceptors (Lipinski definition) is 8. The lowest BCUT2D eigenvalue weighted by Crippen LogP contribution is -2.68. The lowest BCUT2D eigenvalue weighted by Gasteiger charge is -2.17. The molecule has 0 saturated heterocycles. The normalized spacial score (nSPS) is 11.6. The van der Waals surface area contributed by atoms with Crippen LogP contribution < -0.4 is 46.1 Å². The number of pyridine rings is 2. The van der Waals surface area contributed by atoms with E-state index in [0.717, 1.165) is 13.1 Å². The minimum atomic E-state index is -4.94. The topological polar surface area (TPSA) is 203 Å². The summed E-state index contributed by atoms with van der Waals surface area (Å²) < 4.78 is 77.4. The molecule has 6 rings (SSSR count). The molecule has 0 N–H and O–H groups in total. The van der Waals surface area contributed by atoms with E-state index in [2.05, 4.69) is 140 Å². The van der Waals surface area contributed by atoms with E-state index in [4.69, 9.17) is 37.3 Å². The molecule has 0 unspecified atom stereocenters. The number of nitrogens with zero attached hydrogens (tertiary/aromatic N) is 4. The van der Waals surface area contributed by atoms with Crippen LogP contribution in [0.1, 0.15) is 25.7 Å². The summed E-state index contributed by atoms with van der Waals surface area (Å²) in [5, 5.41) is 0. The van der Waals surface area contributed by atoms with Gasteiger partial charge in [-0.05, 0) is 37.8 Å². The maximum absolute atomic E-state index is 8.49. The van der Waals surface area contributed by atoms with E-state index in [9.17, 15) is 0 Å². The maximum Gasteiger partial charge on any atom is 0.286 e. The summed E-state index contributed by atoms with van der Waals surface area (Å²) in [5.41, 5.74) is 7.60. The summed E-state index contributed by atoms with van der Waals surface area (Å²) in [6.45, 7) is 2.06. The van der Waals surface area contributed by atoms with Crippen molar-refractivity contribution in [2.75, 3.05) is 0 Å². The first-order valence-corrected chi connectivity index (χ1v) is 16.7. The van der Waals surface area contributed by atoms with Gasteiger partial charge in [0.05, 0.1) is 25.5 Å². The van der Waals surface area contributed by atoms with Crippen molar-refractivity contribution in [3.63, 3.8) is 0 Å². The lowest BCUT2D eigenvalue weighted by molar-refractivity contribution is -2.00. The Balaban J connectivity index is 0.000000421. The van der Waals surface area contributed by atoms with Gasteiger partial charge in [-0.1, -0.05) is 72.8 Å². The highest BCUT2D eigenvalue weighted by atomic mass is 35.7. The number of aromatic nitrogens is 4. The standard InChI is InChI=1S/C32H32N4.2ClHO4/c1(11-23-35-29(27-15-5-3-6-16-27)25-33-21-13-9-19-31(33)35)2-12-24-36-30(28-17-7-4-8-18-28)26-34-22-14-10-20-32(34)36;2*2-1(3,4)5/h3-10,13-22,25-26H,1-2,11-12,23-24H2;2*(H,2,3,4,5)/q+2;;/p-2. The van der Waals surface area contributed by atoms with Crippen LogP contribution in [-0.2, 0) is 13.1 Å². The second kappa shape index (κ2) is 16.1. The monoisotopic (exact) mass is 670 g/mol. The van der Waals surface area contributed by atoms with Gasteiger partial charge in [0.1, 0.15) is 12.4 Å². The number of benzene rings is 2. The average molecular weight is 672 g/mol. The summed E-state index contributed by atoms with van der Waals surface area (Å²) in [5.74, 6) is 0. The van der Waals surface area contributed by atoms with Crippen molar-refractivity contribution in [3.8, 4) is 22.5 Å². The van der Waals surface area contributed by atoms with E-state index < -0.39 is 20.5 Å². The quantitative estimate of drug-likeness (QED) is 0.113. The number of halogens is 2. The highest BCUT2D eigenvalue weighted by Gasteiger charge is 2.19. The molecule has 0 aliphatic rings. The van der Waals surface area contributed by atoms with Gasteiger partial charge in [-0.25, -0.2) is 55.2 Å². The molecular weight excluding hydrogens is 639 g/mol. The Morgan fingerprint density at radius 2 is 0.761 bits per heavy atom. The number of fused-ring (bicyclic) bond motifs is 2. The van der Waals surface area contributed by atoms with Crippen LogP contribution in [0.25, 0.3) is 33.8 Å². The summed E-state index contributed by atoms with van der Waals surface area (Å²) in [7, 11) is -9.89. The van der Waals surface area contributed by atoms with Crippen LogP contribution in [0.5, 0.6) is 0 Å². The highest BCUT2D eigenvalue weighted by molar-refractivity contribution is 5.62. The predicted octanol–water partition coefficient (Wildman–Crippen LogP) is -3.15. The molecule has 0 radical (unpaired) electrons. The third-order valence-electron chi connectivity index (χ3n) is 7.05. The largest absolute Gasteiger partial charge is 0.286 e. The van der Waals surface area contributed by atoms with Crippen LogP contribution in [0.3, 0.4) is 0 Å². The summed E-state index contributed by atoms with van der Waals surface area (Å²) in [6.07, 6.45) is 13.6. The third-order valence-corrected chi connectivity index (χ3v) is 7.05. The van der Waals surface area contributed by atoms with Gasteiger partial charge in [-0.3, -0.25) is 0 Å². The Labute approximate surface area is 269 Å². The zero-order valence-corrected chi connectivity index (χ0v) is 26.1. The number of unbranched alkanes of at least 4 members (excludes halogenated alkanes) is 3. The van der Waals surface area contributed by atoms with Crippen LogP contribution in [0, 0.1) is 20.5 Å². The molecule has 0 amide bonds. The van der Waals surface area contributed by atoms with E-state index in [0.29, 0.717) is 0 Å². The zero-order chi connectivity index (χ0) is 33.2. The van der Waals surface area contributed by atoms with Gasteiger partial charge >= 0.3 is 0 Å². The van der Waals surface area contributed by atoms with Crippen molar-refractivity contribution in [2.24, 2.45) is 0 Å². The molecule has 0 bridgehead atoms. The summed E-state index contributed by atoms with van der Waals surface area (Å²) >= 11 is 0. The molecule has 2 aromatic carbocycles. The molecule has 14 heteroatoms. The van der Waals surface area contributed by atoms with Gasteiger partial charge < -0.3 is 0 Å². The molecule has 4 aromatic heterocycles. The predicted molar refractivity (Wildman–Crippen MR) is 145 cm³/mol. The maximum atomic E-state index is 8.49. The molecule has 12 nitrogen and oxygen atoms in total. The second-order valence-electron chi connectivity index (χ2n) is 10.2. The first-order chi connectivity index (χ1) is 21.9. The van der Waals surface area contributed by atoms with Gasteiger partial charge in [0.15, 0.2) is 11.4 Å². The van der Waals surface area contributed by atoms with Crippen molar-refractivity contribution in [1.82, 2.24) is 9.13 Å². The fourth-order valence-electron chi connectivity index (χ4n) is 5.26. The van der Waals surface area contributed by atoms with Crippen LogP contribution in [0.15, 0.2) is 122 Å². The van der Waals surface area contributed by atoms with Crippen LogP contribution >= 0.6 is 0 Å². The van der Waals surface area contributed by atoms with Crippen LogP contribution in [-0.4, -0.2) is 9.13 Å². The van der Waals surface area contributed by atoms with Crippen molar-refractivity contribution >= 4 is 11.3 Å². The lowest BCUT2D eigenvalue weighted by atomic mass is 10.1. The molecule has 0 atom stereocenters. The Morgan fingerprint density at radius 1 is 0.435 bits per heavy atom. The summed E-state index contributed by atoms with van der Waals surface area (Å²) in [6, 6.07) is 34.3. The Hall–Kier alpha value is -3.92. The zero-order valence-electron chi connectivity index (χ0n) is 24.6. The van der Waals surface area contributed by atoms with Crippen LogP contribution in [0.2, 0.25) is 0 Å². The van der Waals surface area contributed by atoms with Crippen molar-refractivity contribution < 1.29 is 66.6 Å². The van der Waals surface area contributed by atoms with Gasteiger partial charge in [0, 0.05) is 23.3 Å². The Kier molecular flexibility index (Phi) is 12.2. The molecule has 0 aliphatic carbocycles. The molecule has 46 heavy (non-hydrogen) atoms. The van der Waals surface area contributed by atoms with E-state index in [1.165, 1.54) is 59.5 Å². The van der Waals surface area contributed by atoms with Gasteiger partial charge in [-0.2, -0.15) is 0 Å². The molecule has 0 spiro atoms. The van der Waals surface area contributed by atoms with E-state index in [1.807, 2.05) is 0 Å². The molecule has 0 aliphatic heterocycles. The second-order valence-corrected chi connectivity index (χ2v) is 11.7. The molecule has 6 aromatic rings. The Bertz CT molecular complexity index is 1660. The highest BCUT2D eigenvalue weighted by Crippen LogP contribution is 2.23. The number of rotatable bonds is 9. The Morgan fingerprint density at radius 3 is 1.11 bits per heavy atom. The summed E-state index contributed by atoms with van der Waals surface area (Å²) in [4.78, 5) is 0. The van der Waals surface area contributed by atoms with Gasteiger partial charge in [0.25, 0.3) is 11.3 Å². The molecular formula is C32H32Cl2N4O8. The van der Waals surface area contributed by atoms with Gasteiger partial charge in [0.2, 0.25) is 0 Å². The van der Waals surface area contributed by atoms with Gasteiger partial charge in [-0.15, -0.1) is 20.5 Å². The SMILES string of the molecule is [O-][Cl+3]([O-])([O-])[O-].[O-][Cl+3]([O-])([O-])[O-].c1ccc(-c2c[n+]3ccccc3n2CCCCCCn2c(-c3ccccc3)c[n+]3ccccc23)cc1. The fraction of sp³-hybridized carbons (Fsp3) is 0.188. The minimum Gasteiger partial charge on any atom is -0.223 e. The van der Waals surface area contributed by atoms with E-state index in [1.54, 1.807) is 0 Å². The molecule has 0 saturated carbocycles. The molecule has 0 fully saturated rings. The first kappa shape index (κ1) is 34.9. The number of aryl methyl sites for hydroxylation is 2. The first-order valence-electron chi connectivity index (χ1n) is 14.2. The smallest absolute Gasteiger partial charge is 0.223 e. The van der Waals surface area contributed by atoms with Crippen molar-refractivity contribution in [3.05, 3.63) is 122 Å². The van der Waals surface area contributed by atoms with Crippen molar-refractivity contribution in [2.45, 2.75) is 38.8 Å². The number of hydrogen-bond donors (Lipinski definition) is 0. The number of imidazole rings is 2. The van der Waals surface area contributed by atoms with E-state index >= 15 is 0 Å². The minimum absolute atomic E-state index is 1.03. The fourth-order valence-corrected chi connectivity index (χ4v) is 5.26. The third kappa shape index (κ3) is 10.9.